The highest BCUT2D eigenvalue weighted by Gasteiger charge is 2.46. The van der Waals surface area contributed by atoms with Crippen molar-refractivity contribution in [2.24, 2.45) is 23.7 Å². The summed E-state index contributed by atoms with van der Waals surface area (Å²) in [7, 11) is 0. The third-order valence-electron chi connectivity index (χ3n) is 17.7. The number of nitrogens with one attached hydrogen (secondary N) is 1. The van der Waals surface area contributed by atoms with E-state index < -0.39 is 18.1 Å². The van der Waals surface area contributed by atoms with E-state index in [0.29, 0.717) is 59.0 Å². The van der Waals surface area contributed by atoms with Gasteiger partial charge < -0.3 is 54.7 Å². The van der Waals surface area contributed by atoms with Gasteiger partial charge in [-0.1, -0.05) is 50.2 Å². The summed E-state index contributed by atoms with van der Waals surface area (Å²) in [5, 5.41) is 37.2. The Morgan fingerprint density at radius 3 is 2.42 bits per heavy atom. The quantitative estimate of drug-likeness (QED) is 0.0648. The number of nitrogens with two attached hydrogens (primary N) is 1. The average molecular weight is 1110 g/mol. The summed E-state index contributed by atoms with van der Waals surface area (Å²) in [5.74, 6) is 2.14. The molecule has 80 heavy (non-hydrogen) atoms. The lowest BCUT2D eigenvalue weighted by atomic mass is 9.91. The number of fused-ring (bicyclic) bond motifs is 3. The number of benzene rings is 2. The van der Waals surface area contributed by atoms with Gasteiger partial charge in [0.25, 0.3) is 5.88 Å². The first-order valence-corrected chi connectivity index (χ1v) is 29.5. The first-order chi connectivity index (χ1) is 38.8. The molecule has 8 heterocycles. The fourth-order valence-electron chi connectivity index (χ4n) is 13.4. The van der Waals surface area contributed by atoms with Crippen LogP contribution >= 0.6 is 11.3 Å². The van der Waals surface area contributed by atoms with Crippen molar-refractivity contribution in [1.29, 1.82) is 0 Å². The molecule has 19 nitrogen and oxygen atoms in total. The predicted molar refractivity (Wildman–Crippen MR) is 303 cm³/mol. The molecule has 6 aliphatic rings. The Hall–Kier alpha value is -6.87. The van der Waals surface area contributed by atoms with Crippen LogP contribution in [-0.2, 0) is 14.3 Å². The van der Waals surface area contributed by atoms with Crippen LogP contribution < -0.4 is 30.3 Å². The first kappa shape index (κ1) is 53.8. The number of pyridine rings is 1. The van der Waals surface area contributed by atoms with Gasteiger partial charge in [-0.15, -0.1) is 21.5 Å². The molecule has 6 fully saturated rings. The highest BCUT2D eigenvalue weighted by atomic mass is 32.1. The van der Waals surface area contributed by atoms with Gasteiger partial charge in [-0.3, -0.25) is 14.5 Å². The number of para-hydroxylation sites is 1. The lowest BCUT2D eigenvalue weighted by Gasteiger charge is -2.37. The van der Waals surface area contributed by atoms with Crippen molar-refractivity contribution in [3.05, 3.63) is 102 Å². The molecule has 2 saturated carbocycles. The van der Waals surface area contributed by atoms with Crippen LogP contribution in [0.4, 0.5) is 17.2 Å². The minimum atomic E-state index is -0.825. The zero-order chi connectivity index (χ0) is 55.2. The lowest BCUT2D eigenvalue weighted by Crippen LogP contribution is -2.48. The van der Waals surface area contributed by atoms with E-state index in [9.17, 15) is 19.8 Å². The Bertz CT molecular complexity index is 3140. The minimum Gasteiger partial charge on any atom is -0.507 e. The molecule has 422 valence electrons. The Morgan fingerprint density at radius 2 is 1.66 bits per heavy atom. The van der Waals surface area contributed by atoms with E-state index in [1.165, 1.54) is 4.90 Å². The monoisotopic (exact) mass is 1110 g/mol. The van der Waals surface area contributed by atoms with Crippen LogP contribution in [-0.4, -0.2) is 146 Å². The number of carbonyl (C=O) groups is 2. The second-order valence-electron chi connectivity index (χ2n) is 23.5. The van der Waals surface area contributed by atoms with Crippen LogP contribution in [0.15, 0.2) is 89.0 Å². The van der Waals surface area contributed by atoms with Gasteiger partial charge in [-0.25, -0.2) is 9.97 Å². The number of carbonyl (C=O) groups excluding carboxylic acids is 2. The van der Waals surface area contributed by atoms with Gasteiger partial charge in [0.05, 0.1) is 51.8 Å². The van der Waals surface area contributed by atoms with E-state index in [0.717, 1.165) is 111 Å². The number of hydrogen-bond donors (Lipinski definition) is 4. The summed E-state index contributed by atoms with van der Waals surface area (Å²) in [5.41, 5.74) is 14.4. The summed E-state index contributed by atoms with van der Waals surface area (Å²) in [6.45, 7) is 13.7. The molecule has 4 unspecified atom stereocenters. The second-order valence-corrected chi connectivity index (χ2v) is 24.4. The van der Waals surface area contributed by atoms with Gasteiger partial charge in [-0.05, 0) is 104 Å². The molecule has 5 N–H and O–H groups in total. The number of aromatic hydroxyl groups is 1. The van der Waals surface area contributed by atoms with Crippen molar-refractivity contribution in [3.8, 4) is 39.2 Å². The molecule has 2 amide bonds. The van der Waals surface area contributed by atoms with Crippen molar-refractivity contribution in [3.63, 3.8) is 0 Å². The van der Waals surface area contributed by atoms with E-state index in [2.05, 4.69) is 57.5 Å². The van der Waals surface area contributed by atoms with Gasteiger partial charge in [0.2, 0.25) is 17.7 Å². The Morgan fingerprint density at radius 1 is 0.875 bits per heavy atom. The SMILES string of the molecule is Cc1ncsc1-c1ccc([C@H](C)NC(=O)[C@@H]2C[C@@H](O)CN2C(=O)[C@@H](c2cc(OCCN3CC4CC(O[C@H]5C[C@H](Oc6cc(N7CC8CCN(c9cc(-c%10ccccc%10O)nnc9N)CC7C8)ccn6)C5)C[C@@H]4C3)no2)C(C)C)cc1. The number of rotatable bonds is 18. The summed E-state index contributed by atoms with van der Waals surface area (Å²) >= 11 is 1.59. The second kappa shape index (κ2) is 22.9. The molecule has 4 aromatic heterocycles. The van der Waals surface area contributed by atoms with E-state index >= 15 is 0 Å². The Balaban J connectivity index is 0.569. The number of phenols is 1. The zero-order valence-corrected chi connectivity index (χ0v) is 46.8. The summed E-state index contributed by atoms with van der Waals surface area (Å²) in [6, 6.07) is 22.2. The largest absolute Gasteiger partial charge is 0.507 e. The number of anilines is 3. The van der Waals surface area contributed by atoms with Gasteiger partial charge in [0, 0.05) is 101 Å². The molecule has 9 atom stereocenters. The van der Waals surface area contributed by atoms with E-state index in [4.69, 9.17) is 24.5 Å². The molecule has 12 rings (SSSR count). The fraction of sp³-hybridized carbons (Fsp3) is 0.517. The molecule has 4 aliphatic heterocycles. The lowest BCUT2D eigenvalue weighted by molar-refractivity contribution is -0.141. The van der Waals surface area contributed by atoms with E-state index in [-0.39, 0.29) is 66.8 Å². The average Bonchev–Trinajstić information content (AvgIpc) is 4.34. The van der Waals surface area contributed by atoms with Gasteiger partial charge in [0.15, 0.2) is 11.6 Å². The Labute approximate surface area is 470 Å². The highest BCUT2D eigenvalue weighted by molar-refractivity contribution is 7.13. The van der Waals surface area contributed by atoms with E-state index in [1.807, 2.05) is 81.9 Å². The first-order valence-electron chi connectivity index (χ1n) is 28.6. The number of β-amino-alcohol motifs (C(OH)–C–C–N with tert-alkyl or cyclic N) is 1. The third kappa shape index (κ3) is 11.4. The molecule has 2 aromatic carbocycles. The highest BCUT2D eigenvalue weighted by Crippen LogP contribution is 2.43. The van der Waals surface area contributed by atoms with Crippen LogP contribution in [0.3, 0.4) is 0 Å². The van der Waals surface area contributed by atoms with Gasteiger partial charge in [-0.2, -0.15) is 0 Å². The van der Waals surface area contributed by atoms with Crippen LogP contribution in [0.1, 0.15) is 94.7 Å². The normalized spacial score (nSPS) is 26.3. The number of nitrogens with zero attached hydrogens (tertiary/aromatic N) is 9. The van der Waals surface area contributed by atoms with Crippen molar-refractivity contribution >= 4 is 40.3 Å². The molecular weight excluding hydrogens is 1030 g/mol. The molecule has 6 aromatic rings. The molecule has 4 saturated heterocycles. The van der Waals surface area contributed by atoms with Crippen LogP contribution in [0.5, 0.6) is 17.5 Å². The smallest absolute Gasteiger partial charge is 0.254 e. The topological polar surface area (TPSA) is 231 Å². The zero-order valence-electron chi connectivity index (χ0n) is 46.0. The maximum Gasteiger partial charge on any atom is 0.254 e. The van der Waals surface area contributed by atoms with Crippen molar-refractivity contribution in [2.75, 3.05) is 68.0 Å². The number of aliphatic hydroxyl groups excluding tert-OH is 1. The number of likely N-dealkylation sites (tertiary alicyclic amines) is 2. The molecule has 2 bridgehead atoms. The third-order valence-corrected chi connectivity index (χ3v) is 18.6. The number of aryl methyl sites for hydroxylation is 1. The minimum absolute atomic E-state index is 0.0578. The molecule has 0 radical (unpaired) electrons. The maximum atomic E-state index is 14.3. The maximum absolute atomic E-state index is 14.3. The predicted octanol–water partition coefficient (Wildman–Crippen LogP) is 7.65. The summed E-state index contributed by atoms with van der Waals surface area (Å²) < 4.78 is 25.0. The van der Waals surface area contributed by atoms with Gasteiger partial charge in [0.1, 0.15) is 30.4 Å². The van der Waals surface area contributed by atoms with Crippen LogP contribution in [0.25, 0.3) is 21.7 Å². The number of aromatic nitrogens is 5. The summed E-state index contributed by atoms with van der Waals surface area (Å²) in [4.78, 5) is 46.9. The molecule has 0 spiro atoms. The number of phenolic OH excluding ortho intramolecular Hbond substituents is 1. The number of hydrogen-bond acceptors (Lipinski definition) is 18. The standard InChI is InChI=1S/C60H73N11O8S/c1-34(2)56(60(75)71-32-44(72)23-51(71)59(74)64-35(3)38-9-11-39(12-10-38)57-36(4)63-33-80-57)53-27-55(67-79-53)76-18-17-68-29-40-20-45(21-41(40)30-68)77-46-24-47(25-46)78-54-22-42(13-15-62-54)70-28-37-14-16-69(31-43(70)19-37)50-26-49(65-66-58(50)61)48-7-5-6-8-52(48)73/h5-13,15,22,26-27,33-35,37,40-41,43-47,51,56,72-73H,14,16-21,23-25,28-32H2,1-4H3,(H2,61,66)(H,64,74)/t35-,37?,40+,41?,43?,44+,45?,46-,47-,51-,56+/m0/s1. The Kier molecular flexibility index (Phi) is 15.4. The van der Waals surface area contributed by atoms with Crippen molar-refractivity contribution in [1.82, 2.24) is 40.4 Å². The summed E-state index contributed by atoms with van der Waals surface area (Å²) in [6.07, 6.45) is 7.67. The number of amides is 2. The molecule has 20 heteroatoms. The molecular formula is C60H73N11O8S. The van der Waals surface area contributed by atoms with Crippen molar-refractivity contribution in [2.45, 2.75) is 121 Å². The van der Waals surface area contributed by atoms with E-state index in [1.54, 1.807) is 29.5 Å². The van der Waals surface area contributed by atoms with Gasteiger partial charge >= 0.3 is 0 Å². The number of nitrogen functional groups attached to an aromatic ring is 1. The number of thiazole rings is 1. The number of ether oxygens (including phenoxy) is 3. The van der Waals surface area contributed by atoms with Crippen molar-refractivity contribution < 1.29 is 38.5 Å². The van der Waals surface area contributed by atoms with Crippen LogP contribution in [0.2, 0.25) is 0 Å². The number of aliphatic hydroxyl groups is 1. The van der Waals surface area contributed by atoms with Crippen LogP contribution in [0, 0.1) is 30.6 Å². The molecule has 2 aliphatic carbocycles. The fourth-order valence-corrected chi connectivity index (χ4v) is 14.2.